The van der Waals surface area contributed by atoms with Crippen molar-refractivity contribution in [1.82, 2.24) is 4.98 Å². The highest BCUT2D eigenvalue weighted by Gasteiger charge is 2.03. The number of nitrogens with one attached hydrogen (secondary N) is 1. The van der Waals surface area contributed by atoms with Crippen LogP contribution in [-0.2, 0) is 6.42 Å². The van der Waals surface area contributed by atoms with Gasteiger partial charge < -0.3 is 17.0 Å². The van der Waals surface area contributed by atoms with Gasteiger partial charge in [-0.25, -0.2) is 4.57 Å². The van der Waals surface area contributed by atoms with Gasteiger partial charge in [0.1, 0.15) is 12.4 Å². The fourth-order valence-electron chi connectivity index (χ4n) is 1.51. The Balaban J connectivity index is 0.00000144. The molecule has 88 valence electrons. The third kappa shape index (κ3) is 4.08. The largest absolute Gasteiger partial charge is 1.00 e. The highest BCUT2D eigenvalue weighted by atomic mass is 79.9. The van der Waals surface area contributed by atoms with Crippen LogP contribution in [0.3, 0.4) is 0 Å². The first-order valence-corrected chi connectivity index (χ1v) is 5.42. The van der Waals surface area contributed by atoms with Crippen LogP contribution < -0.4 is 21.5 Å². The molecular formula is C14H15BrN2. The van der Waals surface area contributed by atoms with Gasteiger partial charge >= 0.3 is 0 Å². The van der Waals surface area contributed by atoms with Crippen molar-refractivity contribution in [3.05, 3.63) is 54.6 Å². The molecule has 1 heterocycles. The Hall–Kier alpha value is -1.53. The molecule has 17 heavy (non-hydrogen) atoms. The molecule has 0 saturated heterocycles. The fourth-order valence-corrected chi connectivity index (χ4v) is 1.51. The molecule has 1 aromatic carbocycles. The second kappa shape index (κ2) is 6.93. The number of nitrogens with zero attached hydrogens (tertiary/aromatic N) is 1. The minimum atomic E-state index is 0. The molecule has 0 saturated carbocycles. The topological polar surface area (TPSA) is 19.7 Å². The Kier molecular flexibility index (Phi) is 5.51. The van der Waals surface area contributed by atoms with E-state index in [4.69, 9.17) is 0 Å². The van der Waals surface area contributed by atoms with Crippen molar-refractivity contribution in [1.29, 1.82) is 0 Å². The van der Waals surface area contributed by atoms with Crippen molar-refractivity contribution in [2.45, 2.75) is 19.4 Å². The second-order valence-electron chi connectivity index (χ2n) is 3.72. The molecule has 2 nitrogen and oxygen atoms in total. The fraction of sp³-hybridized carbons (Fsp3) is 0.214. The molecule has 1 N–H and O–H groups in total. The Morgan fingerprint density at radius 2 is 2.06 bits per heavy atom. The Labute approximate surface area is 112 Å². The number of hydrogen-bond acceptors (Lipinski definition) is 0. The number of rotatable bonds is 2. The minimum absolute atomic E-state index is 0. The van der Waals surface area contributed by atoms with E-state index < -0.39 is 0 Å². The Bertz CT molecular complexity index is 480. The molecule has 0 bridgehead atoms. The molecular weight excluding hydrogens is 276 g/mol. The van der Waals surface area contributed by atoms with Gasteiger partial charge in [-0.15, -0.1) is 0 Å². The number of benzene rings is 1. The molecule has 1 unspecified atom stereocenters. The number of aromatic nitrogens is 2. The molecule has 0 aliphatic heterocycles. The number of imidazole rings is 1. The smallest absolute Gasteiger partial charge is 0.242 e. The first-order chi connectivity index (χ1) is 7.86. The van der Waals surface area contributed by atoms with E-state index in [1.54, 1.807) is 0 Å². The lowest BCUT2D eigenvalue weighted by Crippen LogP contribution is -3.00. The number of H-pyrrole nitrogens is 1. The lowest BCUT2D eigenvalue weighted by atomic mass is 10.1. The predicted molar refractivity (Wildman–Crippen MR) is 63.6 cm³/mol. The molecule has 1 aromatic heterocycles. The van der Waals surface area contributed by atoms with Crippen molar-refractivity contribution in [2.75, 3.05) is 0 Å². The van der Waals surface area contributed by atoms with E-state index in [-0.39, 0.29) is 23.0 Å². The van der Waals surface area contributed by atoms with Crippen molar-refractivity contribution < 1.29 is 21.5 Å². The van der Waals surface area contributed by atoms with Crippen LogP contribution in [0.4, 0.5) is 0 Å². The van der Waals surface area contributed by atoms with Gasteiger partial charge in [-0.1, -0.05) is 42.2 Å². The Morgan fingerprint density at radius 3 is 2.71 bits per heavy atom. The summed E-state index contributed by atoms with van der Waals surface area (Å²) in [5.41, 5.74) is 1.27. The molecule has 3 heteroatoms. The summed E-state index contributed by atoms with van der Waals surface area (Å²) < 4.78 is 2.05. The van der Waals surface area contributed by atoms with Gasteiger partial charge in [0.15, 0.2) is 6.04 Å². The SMILES string of the molecule is CC(C#CCc1ccccc1)[n+]1cc[nH]c1.[Br-]. The average Bonchev–Trinajstić information content (AvgIpc) is 2.84. The minimum Gasteiger partial charge on any atom is -1.00 e. The zero-order valence-electron chi connectivity index (χ0n) is 9.73. The molecule has 1 atom stereocenters. The molecule has 0 aliphatic carbocycles. The van der Waals surface area contributed by atoms with Crippen molar-refractivity contribution in [3.63, 3.8) is 0 Å². The number of hydrogen-bond donors (Lipinski definition) is 1. The lowest BCUT2D eigenvalue weighted by molar-refractivity contribution is -0.705. The summed E-state index contributed by atoms with van der Waals surface area (Å²) in [6.07, 6.45) is 6.62. The van der Waals surface area contributed by atoms with E-state index in [0.717, 1.165) is 6.42 Å². The summed E-state index contributed by atoms with van der Waals surface area (Å²) in [7, 11) is 0. The van der Waals surface area contributed by atoms with Gasteiger partial charge in [-0.2, -0.15) is 0 Å². The molecule has 0 aliphatic rings. The monoisotopic (exact) mass is 290 g/mol. The van der Waals surface area contributed by atoms with Crippen molar-refractivity contribution in [2.24, 2.45) is 0 Å². The van der Waals surface area contributed by atoms with Gasteiger partial charge in [0.05, 0.1) is 0 Å². The van der Waals surface area contributed by atoms with Crippen LogP contribution in [0, 0.1) is 11.8 Å². The van der Waals surface area contributed by atoms with Crippen LogP contribution >= 0.6 is 0 Å². The van der Waals surface area contributed by atoms with E-state index in [9.17, 15) is 0 Å². The van der Waals surface area contributed by atoms with E-state index >= 15 is 0 Å². The van der Waals surface area contributed by atoms with Crippen molar-refractivity contribution >= 4 is 0 Å². The van der Waals surface area contributed by atoms with Gasteiger partial charge in [0.25, 0.3) is 0 Å². The van der Waals surface area contributed by atoms with E-state index in [1.807, 2.05) is 36.9 Å². The third-order valence-electron chi connectivity index (χ3n) is 2.46. The normalized spacial score (nSPS) is 10.9. The standard InChI is InChI=1S/C14H14N2.BrH/c1-13(16-11-10-15-12-16)6-5-9-14-7-3-2-4-8-14;/h2-4,7-8,10-13H,9H2,1H3;1H. The van der Waals surface area contributed by atoms with Gasteiger partial charge in [0, 0.05) is 6.42 Å². The maximum absolute atomic E-state index is 3.23. The zero-order chi connectivity index (χ0) is 11.2. The van der Waals surface area contributed by atoms with E-state index in [1.165, 1.54) is 5.56 Å². The first-order valence-electron chi connectivity index (χ1n) is 5.42. The molecule has 0 fully saturated rings. The zero-order valence-corrected chi connectivity index (χ0v) is 11.3. The third-order valence-corrected chi connectivity index (χ3v) is 2.46. The van der Waals surface area contributed by atoms with E-state index in [0.29, 0.717) is 0 Å². The van der Waals surface area contributed by atoms with Crippen LogP contribution in [0.25, 0.3) is 0 Å². The first kappa shape index (κ1) is 13.5. The maximum Gasteiger partial charge on any atom is 0.242 e. The van der Waals surface area contributed by atoms with Crippen LogP contribution in [0.1, 0.15) is 18.5 Å². The summed E-state index contributed by atoms with van der Waals surface area (Å²) in [6, 6.07) is 10.5. The summed E-state index contributed by atoms with van der Waals surface area (Å²) in [4.78, 5) is 3.01. The van der Waals surface area contributed by atoms with Crippen molar-refractivity contribution in [3.8, 4) is 11.8 Å². The lowest BCUT2D eigenvalue weighted by Gasteiger charge is -1.97. The van der Waals surface area contributed by atoms with E-state index in [2.05, 4.69) is 40.4 Å². The molecule has 0 spiro atoms. The molecule has 2 rings (SSSR count). The molecule has 0 amide bonds. The summed E-state index contributed by atoms with van der Waals surface area (Å²) in [5, 5.41) is 0. The van der Waals surface area contributed by atoms with Crippen LogP contribution in [0.2, 0.25) is 0 Å². The van der Waals surface area contributed by atoms with Gasteiger partial charge in [0.2, 0.25) is 6.33 Å². The summed E-state index contributed by atoms with van der Waals surface area (Å²) in [5.74, 6) is 6.43. The maximum atomic E-state index is 3.23. The summed E-state index contributed by atoms with van der Waals surface area (Å²) >= 11 is 0. The second-order valence-corrected chi connectivity index (χ2v) is 3.72. The predicted octanol–water partition coefficient (Wildman–Crippen LogP) is -0.887. The number of aromatic amines is 1. The quantitative estimate of drug-likeness (QED) is 0.547. The Morgan fingerprint density at radius 1 is 1.29 bits per heavy atom. The molecule has 2 aromatic rings. The van der Waals surface area contributed by atoms with Gasteiger partial charge in [-0.05, 0) is 12.5 Å². The summed E-state index contributed by atoms with van der Waals surface area (Å²) in [6.45, 7) is 2.09. The number of halogens is 1. The highest BCUT2D eigenvalue weighted by molar-refractivity contribution is 5.20. The van der Waals surface area contributed by atoms with Gasteiger partial charge in [-0.3, -0.25) is 4.98 Å². The van der Waals surface area contributed by atoms with Crippen LogP contribution in [0.15, 0.2) is 49.1 Å². The van der Waals surface area contributed by atoms with Crippen LogP contribution in [-0.4, -0.2) is 4.98 Å². The molecule has 0 radical (unpaired) electrons. The van der Waals surface area contributed by atoms with Crippen LogP contribution in [0.5, 0.6) is 0 Å². The highest BCUT2D eigenvalue weighted by Crippen LogP contribution is 1.98. The average molecular weight is 291 g/mol.